The average molecular weight is 569 g/mol. The first-order chi connectivity index (χ1) is 17.8. The summed E-state index contributed by atoms with van der Waals surface area (Å²) in [5.41, 5.74) is 4.15. The molecule has 38 heavy (non-hydrogen) atoms. The number of hydrogen-bond acceptors (Lipinski definition) is 8. The summed E-state index contributed by atoms with van der Waals surface area (Å²) in [6.07, 6.45) is 2.38. The Morgan fingerprint density at radius 3 is 1.61 bits per heavy atom. The molecule has 0 unspecified atom stereocenters. The molecule has 0 saturated heterocycles. The van der Waals surface area contributed by atoms with Gasteiger partial charge in [-0.25, -0.2) is 29.8 Å². The van der Waals surface area contributed by atoms with Crippen LogP contribution in [0.25, 0.3) is 22.1 Å². The SMILES string of the molecule is CCN(CC)Cc1c(CN(CC)CC)n(S(C)(=O)=O)c2cc3c(cc(CN(CC)CC)n3S(C)(=O)=O)nc12. The minimum absolute atomic E-state index is 0.397. The van der Waals surface area contributed by atoms with E-state index in [0.29, 0.717) is 53.1 Å². The molecule has 0 aliphatic rings. The quantitative estimate of drug-likeness (QED) is 0.292. The Morgan fingerprint density at radius 2 is 1.13 bits per heavy atom. The molecule has 0 fully saturated rings. The molecule has 0 aliphatic heterocycles. The minimum Gasteiger partial charge on any atom is -0.299 e. The van der Waals surface area contributed by atoms with Crippen LogP contribution in [0, 0.1) is 0 Å². The van der Waals surface area contributed by atoms with Crippen LogP contribution in [0.4, 0.5) is 0 Å². The van der Waals surface area contributed by atoms with Crippen molar-refractivity contribution in [2.24, 2.45) is 0 Å². The highest BCUT2D eigenvalue weighted by Crippen LogP contribution is 2.33. The fraction of sp³-hybridized carbons (Fsp3) is 0.654. The molecule has 0 spiro atoms. The summed E-state index contributed by atoms with van der Waals surface area (Å²) in [6, 6.07) is 3.53. The van der Waals surface area contributed by atoms with E-state index in [1.165, 1.54) is 20.5 Å². The van der Waals surface area contributed by atoms with E-state index < -0.39 is 20.0 Å². The fourth-order valence-electron chi connectivity index (χ4n) is 5.14. The van der Waals surface area contributed by atoms with Gasteiger partial charge in [-0.3, -0.25) is 14.7 Å². The fourth-order valence-corrected chi connectivity index (χ4v) is 7.25. The summed E-state index contributed by atoms with van der Waals surface area (Å²) in [6.45, 7) is 18.5. The molecular formula is C26H44N6O4S2. The van der Waals surface area contributed by atoms with E-state index in [9.17, 15) is 16.8 Å². The molecule has 3 aromatic heterocycles. The maximum Gasteiger partial charge on any atom is 0.236 e. The van der Waals surface area contributed by atoms with E-state index in [1.807, 2.05) is 19.9 Å². The van der Waals surface area contributed by atoms with Gasteiger partial charge < -0.3 is 0 Å². The second-order valence-electron chi connectivity index (χ2n) is 9.76. The molecule has 0 N–H and O–H groups in total. The second kappa shape index (κ2) is 12.0. The van der Waals surface area contributed by atoms with Gasteiger partial charge in [-0.2, -0.15) is 0 Å². The largest absolute Gasteiger partial charge is 0.299 e. The van der Waals surface area contributed by atoms with Gasteiger partial charge in [0.1, 0.15) is 0 Å². The van der Waals surface area contributed by atoms with E-state index in [0.717, 1.165) is 44.8 Å². The van der Waals surface area contributed by atoms with Crippen LogP contribution in [-0.2, 0) is 39.7 Å². The van der Waals surface area contributed by atoms with Crippen molar-refractivity contribution in [3.8, 4) is 0 Å². The van der Waals surface area contributed by atoms with Crippen molar-refractivity contribution >= 4 is 42.1 Å². The predicted octanol–water partition coefficient (Wildman–Crippen LogP) is 3.13. The lowest BCUT2D eigenvalue weighted by Crippen LogP contribution is -2.28. The van der Waals surface area contributed by atoms with Crippen LogP contribution in [0.5, 0.6) is 0 Å². The number of fused-ring (bicyclic) bond motifs is 2. The highest BCUT2D eigenvalue weighted by molar-refractivity contribution is 7.89. The molecule has 10 nitrogen and oxygen atoms in total. The average Bonchev–Trinajstić information content (AvgIpc) is 3.36. The molecule has 0 bridgehead atoms. The van der Waals surface area contributed by atoms with Crippen molar-refractivity contribution < 1.29 is 16.8 Å². The molecule has 0 atom stereocenters. The Labute approximate surface area is 228 Å². The summed E-state index contributed by atoms with van der Waals surface area (Å²) in [7, 11) is -7.40. The molecule has 0 amide bonds. The summed E-state index contributed by atoms with van der Waals surface area (Å²) in [5, 5.41) is 0. The lowest BCUT2D eigenvalue weighted by Gasteiger charge is -2.22. The Morgan fingerprint density at radius 1 is 0.658 bits per heavy atom. The van der Waals surface area contributed by atoms with Crippen LogP contribution in [0.2, 0.25) is 0 Å². The third-order valence-electron chi connectivity index (χ3n) is 7.38. The highest BCUT2D eigenvalue weighted by Gasteiger charge is 2.28. The third kappa shape index (κ3) is 6.09. The first kappa shape index (κ1) is 30.6. The smallest absolute Gasteiger partial charge is 0.236 e. The number of nitrogens with zero attached hydrogens (tertiary/aromatic N) is 6. The summed E-state index contributed by atoms with van der Waals surface area (Å²) in [5.74, 6) is 0. The Balaban J connectivity index is 2.47. The van der Waals surface area contributed by atoms with Crippen LogP contribution >= 0.6 is 0 Å². The molecule has 12 heteroatoms. The lowest BCUT2D eigenvalue weighted by atomic mass is 10.1. The maximum atomic E-state index is 13.3. The number of aromatic nitrogens is 3. The Kier molecular flexibility index (Phi) is 9.67. The van der Waals surface area contributed by atoms with E-state index in [2.05, 4.69) is 42.4 Å². The number of rotatable bonds is 14. The molecule has 0 aromatic carbocycles. The predicted molar refractivity (Wildman–Crippen MR) is 156 cm³/mol. The van der Waals surface area contributed by atoms with Crippen molar-refractivity contribution in [2.75, 3.05) is 51.8 Å². The third-order valence-corrected chi connectivity index (χ3v) is 9.55. The van der Waals surface area contributed by atoms with Gasteiger partial charge in [0.15, 0.2) is 0 Å². The molecule has 3 aromatic rings. The number of hydrogen-bond donors (Lipinski definition) is 0. The van der Waals surface area contributed by atoms with Crippen molar-refractivity contribution in [2.45, 2.75) is 61.2 Å². The highest BCUT2D eigenvalue weighted by atomic mass is 32.2. The van der Waals surface area contributed by atoms with Gasteiger partial charge in [0.05, 0.1) is 46.0 Å². The van der Waals surface area contributed by atoms with Crippen LogP contribution in [0.3, 0.4) is 0 Å². The molecule has 0 saturated carbocycles. The van der Waals surface area contributed by atoms with Gasteiger partial charge in [-0.1, -0.05) is 41.5 Å². The van der Waals surface area contributed by atoms with Crippen molar-refractivity contribution in [3.63, 3.8) is 0 Å². The first-order valence-electron chi connectivity index (χ1n) is 13.5. The zero-order chi connectivity index (χ0) is 28.4. The Hall–Kier alpha value is -1.99. The Bertz CT molecular complexity index is 1480. The van der Waals surface area contributed by atoms with E-state index in [1.54, 1.807) is 6.07 Å². The van der Waals surface area contributed by atoms with Crippen LogP contribution < -0.4 is 0 Å². The van der Waals surface area contributed by atoms with Gasteiger partial charge >= 0.3 is 0 Å². The van der Waals surface area contributed by atoms with Crippen molar-refractivity contribution in [1.29, 1.82) is 0 Å². The summed E-state index contributed by atoms with van der Waals surface area (Å²) >= 11 is 0. The van der Waals surface area contributed by atoms with Gasteiger partial charge in [0, 0.05) is 25.2 Å². The van der Waals surface area contributed by atoms with Crippen LogP contribution in [0.15, 0.2) is 12.1 Å². The van der Waals surface area contributed by atoms with Crippen molar-refractivity contribution in [3.05, 3.63) is 29.1 Å². The zero-order valence-corrected chi connectivity index (χ0v) is 25.8. The minimum atomic E-state index is -3.72. The van der Waals surface area contributed by atoms with Crippen LogP contribution in [-0.4, -0.2) is 96.2 Å². The maximum absolute atomic E-state index is 13.3. The van der Waals surface area contributed by atoms with Crippen LogP contribution in [0.1, 0.15) is 58.5 Å². The molecule has 0 aliphatic carbocycles. The molecule has 3 heterocycles. The summed E-state index contributed by atoms with van der Waals surface area (Å²) < 4.78 is 55.3. The topological polar surface area (TPSA) is 101 Å². The van der Waals surface area contributed by atoms with Gasteiger partial charge in [-0.05, 0) is 51.4 Å². The normalized spacial score (nSPS) is 13.2. The zero-order valence-electron chi connectivity index (χ0n) is 24.2. The van der Waals surface area contributed by atoms with E-state index >= 15 is 0 Å². The van der Waals surface area contributed by atoms with Crippen molar-refractivity contribution in [1.82, 2.24) is 27.6 Å². The molecule has 214 valence electrons. The first-order valence-corrected chi connectivity index (χ1v) is 17.2. The molecular weight excluding hydrogens is 524 g/mol. The van der Waals surface area contributed by atoms with E-state index in [-0.39, 0.29) is 0 Å². The van der Waals surface area contributed by atoms with Gasteiger partial charge in [0.25, 0.3) is 0 Å². The van der Waals surface area contributed by atoms with Gasteiger partial charge in [-0.15, -0.1) is 0 Å². The molecule has 3 rings (SSSR count). The van der Waals surface area contributed by atoms with Gasteiger partial charge in [0.2, 0.25) is 20.0 Å². The number of pyridine rings is 1. The monoisotopic (exact) mass is 568 g/mol. The standard InChI is InChI=1S/C26H44N6O4S2/c1-9-28(10-2)17-20-15-22-23(31(20)37(7,33)34)16-24-26(27-22)21(18-29(11-3)12-4)25(19-30(13-5)14-6)32(24)38(8,35)36/h15-16H,9-14,17-19H2,1-8H3. The van der Waals surface area contributed by atoms with E-state index in [4.69, 9.17) is 4.98 Å². The molecule has 0 radical (unpaired) electrons. The summed E-state index contributed by atoms with van der Waals surface area (Å²) in [4.78, 5) is 11.5. The lowest BCUT2D eigenvalue weighted by molar-refractivity contribution is 0.278. The second-order valence-corrected chi connectivity index (χ2v) is 13.4.